The fourth-order valence-electron chi connectivity index (χ4n) is 4.13. The van der Waals surface area contributed by atoms with Crippen molar-refractivity contribution in [3.8, 4) is 6.01 Å². The molecule has 3 aromatic carbocycles. The molecule has 0 fully saturated rings. The van der Waals surface area contributed by atoms with E-state index in [0.29, 0.717) is 23.5 Å². The van der Waals surface area contributed by atoms with Crippen LogP contribution in [0.15, 0.2) is 72.8 Å². The summed E-state index contributed by atoms with van der Waals surface area (Å²) < 4.78 is 43.2. The van der Waals surface area contributed by atoms with Crippen LogP contribution in [-0.2, 0) is 24.3 Å². The number of rotatable bonds is 2. The van der Waals surface area contributed by atoms with Crippen LogP contribution in [0, 0.1) is 0 Å². The first-order valence-corrected chi connectivity index (χ1v) is 13.2. The van der Waals surface area contributed by atoms with E-state index in [1.165, 1.54) is 0 Å². The van der Waals surface area contributed by atoms with Crippen molar-refractivity contribution in [1.29, 1.82) is 0 Å². The van der Waals surface area contributed by atoms with Gasteiger partial charge in [-0.1, -0.05) is 42.5 Å². The van der Waals surface area contributed by atoms with Crippen LogP contribution in [0.1, 0.15) is 23.1 Å². The summed E-state index contributed by atoms with van der Waals surface area (Å²) in [5.74, 6) is -0.228. The van der Waals surface area contributed by atoms with Gasteiger partial charge < -0.3 is 31.3 Å². The zero-order valence-electron chi connectivity index (χ0n) is 22.7. The van der Waals surface area contributed by atoms with Gasteiger partial charge in [-0.3, -0.25) is 4.79 Å². The Balaban J connectivity index is 1.40. The first kappa shape index (κ1) is 29.1. The molecule has 14 heteroatoms. The van der Waals surface area contributed by atoms with Gasteiger partial charge in [-0.15, -0.1) is 0 Å². The molecule has 2 aliphatic rings. The van der Waals surface area contributed by atoms with Crippen LogP contribution >= 0.6 is 0 Å². The van der Waals surface area contributed by atoms with Crippen molar-refractivity contribution in [3.63, 3.8) is 0 Å². The molecule has 222 valence electrons. The van der Waals surface area contributed by atoms with Gasteiger partial charge in [-0.25, -0.2) is 4.79 Å². The normalized spacial score (nSPS) is 14.2. The maximum Gasteiger partial charge on any atom is 0.422 e. The molecule has 4 aromatic rings. The number of aromatic nitrogens is 3. The molecule has 43 heavy (non-hydrogen) atoms. The van der Waals surface area contributed by atoms with Crippen LogP contribution < -0.4 is 31.3 Å². The molecule has 11 nitrogen and oxygen atoms in total. The smallest absolute Gasteiger partial charge is 0.422 e. The molecule has 2 aliphatic heterocycles. The number of urea groups is 1. The molecule has 0 radical (unpaired) electrons. The van der Waals surface area contributed by atoms with Crippen LogP contribution in [0.25, 0.3) is 0 Å². The number of amides is 3. The minimum absolute atomic E-state index is 0.00287. The Morgan fingerprint density at radius 3 is 2.09 bits per heavy atom. The van der Waals surface area contributed by atoms with Crippen molar-refractivity contribution < 1.29 is 27.5 Å². The highest BCUT2D eigenvalue weighted by atomic mass is 19.4. The Bertz CT molecular complexity index is 1600. The second-order valence-corrected chi connectivity index (χ2v) is 9.60. The molecular weight excluding hydrogens is 565 g/mol. The second-order valence-electron chi connectivity index (χ2n) is 9.60. The van der Waals surface area contributed by atoms with E-state index in [4.69, 9.17) is 4.74 Å². The van der Waals surface area contributed by atoms with E-state index >= 15 is 0 Å². The number of fused-ring (bicyclic) bond motifs is 9. The SMILES string of the molecule is O=C1CCc2ccc(cc2)Nc2nc(nc(OCC(F)(F)F)n2)NCc2cccc(c2)CNC(=O)Nc2cccc(c2)N1. The summed E-state index contributed by atoms with van der Waals surface area (Å²) in [6.07, 6.45) is -3.90. The predicted octanol–water partition coefficient (Wildman–Crippen LogP) is 5.37. The topological polar surface area (TPSA) is 142 Å². The summed E-state index contributed by atoms with van der Waals surface area (Å²) in [7, 11) is 0. The van der Waals surface area contributed by atoms with Crippen LogP contribution in [-0.4, -0.2) is 39.7 Å². The number of aryl methyl sites for hydroxylation is 1. The van der Waals surface area contributed by atoms with Crippen molar-refractivity contribution in [2.45, 2.75) is 32.1 Å². The largest absolute Gasteiger partial charge is 0.454 e. The number of nitrogens with zero attached hydrogens (tertiary/aromatic N) is 3. The van der Waals surface area contributed by atoms with E-state index in [1.807, 2.05) is 36.4 Å². The molecule has 0 atom stereocenters. The summed E-state index contributed by atoms with van der Waals surface area (Å²) in [6, 6.07) is 20.4. The van der Waals surface area contributed by atoms with Gasteiger partial charge in [0.15, 0.2) is 6.61 Å². The molecular formula is C29H27F3N8O3. The molecule has 0 saturated carbocycles. The Morgan fingerprint density at radius 2 is 1.35 bits per heavy atom. The quantitative estimate of drug-likeness (QED) is 0.209. The van der Waals surface area contributed by atoms with Gasteiger partial charge in [0, 0.05) is 36.6 Å². The van der Waals surface area contributed by atoms with Crippen LogP contribution in [0.3, 0.4) is 0 Å². The van der Waals surface area contributed by atoms with E-state index < -0.39 is 24.8 Å². The first-order chi connectivity index (χ1) is 20.7. The number of alkyl halides is 3. The number of nitrogens with one attached hydrogen (secondary N) is 5. The molecule has 8 bridgehead atoms. The minimum Gasteiger partial charge on any atom is -0.454 e. The fourth-order valence-corrected chi connectivity index (χ4v) is 4.13. The molecule has 0 unspecified atom stereocenters. The fraction of sp³-hybridized carbons (Fsp3) is 0.207. The number of carbonyl (C=O) groups excluding carboxylic acids is 2. The van der Waals surface area contributed by atoms with Gasteiger partial charge in [-0.05, 0) is 53.4 Å². The Morgan fingerprint density at radius 1 is 0.674 bits per heavy atom. The maximum absolute atomic E-state index is 12.8. The van der Waals surface area contributed by atoms with Gasteiger partial charge in [0.25, 0.3) is 0 Å². The number of benzene rings is 3. The van der Waals surface area contributed by atoms with E-state index in [0.717, 1.165) is 16.7 Å². The minimum atomic E-state index is -4.58. The van der Waals surface area contributed by atoms with Gasteiger partial charge in [0.1, 0.15) is 0 Å². The van der Waals surface area contributed by atoms with Gasteiger partial charge in [0.05, 0.1) is 0 Å². The zero-order valence-corrected chi connectivity index (χ0v) is 22.7. The molecule has 5 N–H and O–H groups in total. The van der Waals surface area contributed by atoms with E-state index in [-0.39, 0.29) is 37.3 Å². The van der Waals surface area contributed by atoms with Crippen molar-refractivity contribution in [1.82, 2.24) is 20.3 Å². The summed E-state index contributed by atoms with van der Waals surface area (Å²) in [4.78, 5) is 37.3. The molecule has 3 heterocycles. The number of anilines is 5. The van der Waals surface area contributed by atoms with Gasteiger partial charge in [-0.2, -0.15) is 28.1 Å². The lowest BCUT2D eigenvalue weighted by atomic mass is 10.1. The van der Waals surface area contributed by atoms with E-state index in [9.17, 15) is 22.8 Å². The van der Waals surface area contributed by atoms with Crippen molar-refractivity contribution in [3.05, 3.63) is 89.5 Å². The van der Waals surface area contributed by atoms with Gasteiger partial charge in [0.2, 0.25) is 17.8 Å². The number of carbonyl (C=O) groups is 2. The molecule has 6 rings (SSSR count). The molecule has 3 amide bonds. The average Bonchev–Trinajstić information content (AvgIpc) is 2.97. The van der Waals surface area contributed by atoms with Crippen LogP contribution in [0.2, 0.25) is 0 Å². The van der Waals surface area contributed by atoms with Crippen molar-refractivity contribution in [2.24, 2.45) is 0 Å². The van der Waals surface area contributed by atoms with Crippen LogP contribution in [0.5, 0.6) is 6.01 Å². The van der Waals surface area contributed by atoms with Crippen LogP contribution in [0.4, 0.5) is 46.9 Å². The Hall–Kier alpha value is -5.40. The lowest BCUT2D eigenvalue weighted by Gasteiger charge is -2.13. The number of ether oxygens (including phenoxy) is 1. The van der Waals surface area contributed by atoms with E-state index in [2.05, 4.69) is 41.5 Å². The first-order valence-electron chi connectivity index (χ1n) is 13.2. The lowest BCUT2D eigenvalue weighted by Crippen LogP contribution is -2.28. The molecule has 0 saturated heterocycles. The standard InChI is InChI=1S/C29H27F3N8O3/c30-29(31,32)17-43-28-39-25-33-15-19-3-1-4-20(13-19)16-34-27(42)37-23-6-2-5-22(14-23)35-24(41)12-9-18-7-10-21(11-8-18)36-26(38-25)40-28/h1-8,10-11,13-14H,9,12,15-17H2,(H,35,41)(H2,34,37,42)(H2,33,36,38,39,40). The number of hydrogen-bond donors (Lipinski definition) is 5. The average molecular weight is 593 g/mol. The Kier molecular flexibility index (Phi) is 8.84. The monoisotopic (exact) mass is 592 g/mol. The highest BCUT2D eigenvalue weighted by molar-refractivity contribution is 5.93. The van der Waals surface area contributed by atoms with Gasteiger partial charge >= 0.3 is 18.2 Å². The third-order valence-electron chi connectivity index (χ3n) is 6.13. The summed E-state index contributed by atoms with van der Waals surface area (Å²) in [5, 5.41) is 14.3. The predicted molar refractivity (Wildman–Crippen MR) is 154 cm³/mol. The molecule has 0 aliphatic carbocycles. The Labute approximate surface area is 244 Å². The zero-order chi connectivity index (χ0) is 30.2. The number of hydrogen-bond acceptors (Lipinski definition) is 8. The molecule has 1 aromatic heterocycles. The van der Waals surface area contributed by atoms with Crippen molar-refractivity contribution >= 4 is 40.9 Å². The highest BCUT2D eigenvalue weighted by Crippen LogP contribution is 2.21. The van der Waals surface area contributed by atoms with E-state index in [1.54, 1.807) is 36.4 Å². The second kappa shape index (κ2) is 13.1. The highest BCUT2D eigenvalue weighted by Gasteiger charge is 2.29. The summed E-state index contributed by atoms with van der Waals surface area (Å²) in [6.45, 7) is -1.11. The summed E-state index contributed by atoms with van der Waals surface area (Å²) in [5.41, 5.74) is 4.13. The van der Waals surface area contributed by atoms with Crippen molar-refractivity contribution in [2.75, 3.05) is 27.9 Å². The lowest BCUT2D eigenvalue weighted by molar-refractivity contribution is -0.154. The molecule has 0 spiro atoms. The number of halogens is 3. The maximum atomic E-state index is 12.8. The third kappa shape index (κ3) is 9.05. The third-order valence-corrected chi connectivity index (χ3v) is 6.13. The summed E-state index contributed by atoms with van der Waals surface area (Å²) >= 11 is 0.